The van der Waals surface area contributed by atoms with Crippen LogP contribution in [-0.4, -0.2) is 35.0 Å². The number of urea groups is 1. The smallest absolute Gasteiger partial charge is 0.313 e. The van der Waals surface area contributed by atoms with Gasteiger partial charge < -0.3 is 16.0 Å². The van der Waals surface area contributed by atoms with Gasteiger partial charge in [-0.1, -0.05) is 31.4 Å². The summed E-state index contributed by atoms with van der Waals surface area (Å²) < 4.78 is 13.2. The highest BCUT2D eigenvalue weighted by atomic mass is 19.1. The third kappa shape index (κ3) is 3.62. The Balaban J connectivity index is 1.78. The molecule has 0 bridgehead atoms. The van der Waals surface area contributed by atoms with Gasteiger partial charge in [0.05, 0.1) is 0 Å². The molecule has 136 valence electrons. The predicted octanol–water partition coefficient (Wildman–Crippen LogP) is 2.90. The zero-order chi connectivity index (χ0) is 18.0. The zero-order valence-corrected chi connectivity index (χ0v) is 14.6. The summed E-state index contributed by atoms with van der Waals surface area (Å²) in [5.74, 6) is -0.0913. The summed E-state index contributed by atoms with van der Waals surface area (Å²) >= 11 is 0. The quantitative estimate of drug-likeness (QED) is 0.882. The SMILES string of the molecule is C[C@@H]1C[C@H](c2ccc(F)cc2)CN1C(=O)C1(NC(N)=O)CCCCC1. The van der Waals surface area contributed by atoms with Crippen molar-refractivity contribution < 1.29 is 14.0 Å². The van der Waals surface area contributed by atoms with Crippen LogP contribution in [0.5, 0.6) is 0 Å². The third-order valence-electron chi connectivity index (χ3n) is 5.66. The maximum atomic E-state index is 13.3. The summed E-state index contributed by atoms with van der Waals surface area (Å²) in [5, 5.41) is 2.75. The lowest BCUT2D eigenvalue weighted by Gasteiger charge is -2.40. The van der Waals surface area contributed by atoms with E-state index in [4.69, 9.17) is 5.73 Å². The van der Waals surface area contributed by atoms with Gasteiger partial charge in [0.1, 0.15) is 11.4 Å². The van der Waals surface area contributed by atoms with Crippen LogP contribution in [0.15, 0.2) is 24.3 Å². The van der Waals surface area contributed by atoms with Gasteiger partial charge in [0.15, 0.2) is 0 Å². The lowest BCUT2D eigenvalue weighted by molar-refractivity contribution is -0.140. The molecule has 1 aromatic carbocycles. The summed E-state index contributed by atoms with van der Waals surface area (Å²) in [4.78, 5) is 26.7. The molecule has 0 aromatic heterocycles. The molecule has 3 N–H and O–H groups in total. The lowest BCUT2D eigenvalue weighted by atomic mass is 9.80. The van der Waals surface area contributed by atoms with E-state index in [1.807, 2.05) is 11.8 Å². The predicted molar refractivity (Wildman–Crippen MR) is 93.5 cm³/mol. The molecular weight excluding hydrogens is 321 g/mol. The molecule has 0 spiro atoms. The number of hydrogen-bond acceptors (Lipinski definition) is 2. The number of nitrogens with one attached hydrogen (secondary N) is 1. The minimum absolute atomic E-state index is 0.0249. The van der Waals surface area contributed by atoms with Crippen LogP contribution < -0.4 is 11.1 Å². The van der Waals surface area contributed by atoms with Crippen molar-refractivity contribution in [2.75, 3.05) is 6.54 Å². The monoisotopic (exact) mass is 347 g/mol. The fourth-order valence-corrected chi connectivity index (χ4v) is 4.35. The number of halogens is 1. The van der Waals surface area contributed by atoms with Crippen molar-refractivity contribution in [3.8, 4) is 0 Å². The molecule has 3 rings (SSSR count). The molecule has 2 atom stereocenters. The van der Waals surface area contributed by atoms with Crippen molar-refractivity contribution in [3.05, 3.63) is 35.6 Å². The summed E-state index contributed by atoms with van der Waals surface area (Å²) in [5.41, 5.74) is 5.54. The Labute approximate surface area is 147 Å². The van der Waals surface area contributed by atoms with Crippen LogP contribution in [0.2, 0.25) is 0 Å². The molecular formula is C19H26FN3O2. The molecule has 0 unspecified atom stereocenters. The molecule has 1 aromatic rings. The van der Waals surface area contributed by atoms with Gasteiger partial charge in [-0.15, -0.1) is 0 Å². The molecule has 1 aliphatic heterocycles. The molecule has 6 heteroatoms. The van der Waals surface area contributed by atoms with Gasteiger partial charge in [0, 0.05) is 18.5 Å². The van der Waals surface area contributed by atoms with E-state index in [0.29, 0.717) is 19.4 Å². The molecule has 3 amide bonds. The van der Waals surface area contributed by atoms with Crippen molar-refractivity contribution in [2.24, 2.45) is 5.73 Å². The number of nitrogens with zero attached hydrogens (tertiary/aromatic N) is 1. The number of likely N-dealkylation sites (tertiary alicyclic amines) is 1. The van der Waals surface area contributed by atoms with E-state index in [-0.39, 0.29) is 23.7 Å². The molecule has 1 saturated carbocycles. The first-order valence-corrected chi connectivity index (χ1v) is 9.05. The van der Waals surface area contributed by atoms with Crippen molar-refractivity contribution in [2.45, 2.75) is 62.9 Å². The van der Waals surface area contributed by atoms with E-state index in [2.05, 4.69) is 5.32 Å². The van der Waals surface area contributed by atoms with Crippen LogP contribution in [0.25, 0.3) is 0 Å². The highest BCUT2D eigenvalue weighted by molar-refractivity contribution is 5.91. The number of nitrogens with two attached hydrogens (primary N) is 1. The van der Waals surface area contributed by atoms with Gasteiger partial charge >= 0.3 is 6.03 Å². The first-order chi connectivity index (χ1) is 11.9. The van der Waals surface area contributed by atoms with Gasteiger partial charge in [-0.25, -0.2) is 9.18 Å². The van der Waals surface area contributed by atoms with Gasteiger partial charge in [-0.3, -0.25) is 4.79 Å². The Hall–Kier alpha value is -2.11. The van der Waals surface area contributed by atoms with Crippen LogP contribution in [0.3, 0.4) is 0 Å². The Morgan fingerprint density at radius 2 is 1.84 bits per heavy atom. The van der Waals surface area contributed by atoms with Crippen molar-refractivity contribution >= 4 is 11.9 Å². The topological polar surface area (TPSA) is 75.4 Å². The average Bonchev–Trinajstić information content (AvgIpc) is 2.96. The molecule has 25 heavy (non-hydrogen) atoms. The van der Waals surface area contributed by atoms with Gasteiger partial charge in [0.25, 0.3) is 0 Å². The highest BCUT2D eigenvalue weighted by Crippen LogP contribution is 2.36. The van der Waals surface area contributed by atoms with Crippen molar-refractivity contribution in [3.63, 3.8) is 0 Å². The number of amides is 3. The zero-order valence-electron chi connectivity index (χ0n) is 14.6. The number of benzene rings is 1. The normalized spacial score (nSPS) is 25.6. The standard InChI is InChI=1S/C19H26FN3O2/c1-13-11-15(14-5-7-16(20)8-6-14)12-23(13)17(24)19(22-18(21)25)9-3-2-4-10-19/h5-8,13,15H,2-4,9-12H2,1H3,(H3,21,22,25)/t13-,15+/m1/s1. The summed E-state index contributed by atoms with van der Waals surface area (Å²) in [6.07, 6.45) is 5.01. The molecule has 1 aliphatic carbocycles. The van der Waals surface area contributed by atoms with E-state index < -0.39 is 11.6 Å². The Kier molecular flexibility index (Phi) is 4.97. The van der Waals surface area contributed by atoms with Gasteiger partial charge in [0.2, 0.25) is 5.91 Å². The first-order valence-electron chi connectivity index (χ1n) is 9.05. The Morgan fingerprint density at radius 1 is 1.20 bits per heavy atom. The molecule has 0 radical (unpaired) electrons. The highest BCUT2D eigenvalue weighted by Gasteiger charge is 2.46. The molecule has 5 nitrogen and oxygen atoms in total. The van der Waals surface area contributed by atoms with Crippen molar-refractivity contribution in [1.82, 2.24) is 10.2 Å². The van der Waals surface area contributed by atoms with E-state index in [0.717, 1.165) is 31.2 Å². The second-order valence-electron chi connectivity index (χ2n) is 7.42. The fourth-order valence-electron chi connectivity index (χ4n) is 4.35. The van der Waals surface area contributed by atoms with E-state index in [1.54, 1.807) is 12.1 Å². The second-order valence-corrected chi connectivity index (χ2v) is 7.42. The van der Waals surface area contributed by atoms with Crippen LogP contribution in [0, 0.1) is 5.82 Å². The second kappa shape index (κ2) is 7.02. The number of carbonyl (C=O) groups excluding carboxylic acids is 2. The van der Waals surface area contributed by atoms with Crippen LogP contribution >= 0.6 is 0 Å². The Bertz CT molecular complexity index is 641. The maximum absolute atomic E-state index is 13.3. The van der Waals surface area contributed by atoms with E-state index in [9.17, 15) is 14.0 Å². The number of rotatable bonds is 3. The third-order valence-corrected chi connectivity index (χ3v) is 5.66. The lowest BCUT2D eigenvalue weighted by Crippen LogP contribution is -2.62. The summed E-state index contributed by atoms with van der Waals surface area (Å²) in [6.45, 7) is 2.62. The first kappa shape index (κ1) is 17.7. The van der Waals surface area contributed by atoms with Crippen LogP contribution in [0.4, 0.5) is 9.18 Å². The van der Waals surface area contributed by atoms with Crippen LogP contribution in [0.1, 0.15) is 56.9 Å². The van der Waals surface area contributed by atoms with Gasteiger partial charge in [-0.05, 0) is 43.9 Å². The minimum atomic E-state index is -0.865. The van der Waals surface area contributed by atoms with Crippen molar-refractivity contribution in [1.29, 1.82) is 0 Å². The number of primary amides is 1. The molecule has 1 saturated heterocycles. The minimum Gasteiger partial charge on any atom is -0.352 e. The average molecular weight is 347 g/mol. The van der Waals surface area contributed by atoms with E-state index in [1.165, 1.54) is 12.1 Å². The van der Waals surface area contributed by atoms with E-state index >= 15 is 0 Å². The molecule has 1 heterocycles. The maximum Gasteiger partial charge on any atom is 0.313 e. The van der Waals surface area contributed by atoms with Gasteiger partial charge in [-0.2, -0.15) is 0 Å². The molecule has 2 aliphatic rings. The Morgan fingerprint density at radius 3 is 2.44 bits per heavy atom. The number of hydrogen-bond donors (Lipinski definition) is 2. The fraction of sp³-hybridized carbons (Fsp3) is 0.579. The molecule has 2 fully saturated rings. The van der Waals surface area contributed by atoms with Crippen LogP contribution in [-0.2, 0) is 4.79 Å². The summed E-state index contributed by atoms with van der Waals surface area (Å²) in [7, 11) is 0. The largest absolute Gasteiger partial charge is 0.352 e. The summed E-state index contributed by atoms with van der Waals surface area (Å²) in [6, 6.07) is 5.94. The number of carbonyl (C=O) groups is 2.